The maximum absolute atomic E-state index is 9.59. The standard InChI is InChI=1S/C50H27N5O2S/c51-28-36-25-42-41-22-16-35(26-47(41)58-48(42)27-37(36)29-52)32-9-10-34-24-40(21-15-33(34)23-32)55(38-17-11-30(12-18-38)49-53-43-5-1-3-7-45(43)56-49)39-19-13-31(14-20-39)50-54-44-6-2-4-8-46(44)57-50/h1-27H. The van der Waals surface area contributed by atoms with Gasteiger partial charge in [-0.15, -0.1) is 11.3 Å². The van der Waals surface area contributed by atoms with Crippen LogP contribution in [0.5, 0.6) is 0 Å². The first kappa shape index (κ1) is 33.3. The fourth-order valence-electron chi connectivity index (χ4n) is 7.68. The maximum atomic E-state index is 9.59. The van der Waals surface area contributed by atoms with E-state index in [9.17, 15) is 10.5 Å². The van der Waals surface area contributed by atoms with Crippen LogP contribution >= 0.6 is 11.3 Å². The van der Waals surface area contributed by atoms with Crippen LogP contribution in [0.1, 0.15) is 11.1 Å². The summed E-state index contributed by atoms with van der Waals surface area (Å²) >= 11 is 1.64. The number of rotatable bonds is 6. The van der Waals surface area contributed by atoms with Gasteiger partial charge in [-0.05, 0) is 131 Å². The first-order chi connectivity index (χ1) is 28.6. The average molecular weight is 762 g/mol. The van der Waals surface area contributed by atoms with E-state index in [-0.39, 0.29) is 0 Å². The van der Waals surface area contributed by atoms with Gasteiger partial charge in [0.15, 0.2) is 11.2 Å². The number of fused-ring (bicyclic) bond motifs is 6. The Morgan fingerprint density at radius 2 is 0.948 bits per heavy atom. The molecule has 0 fully saturated rings. The Balaban J connectivity index is 0.962. The zero-order chi connectivity index (χ0) is 38.7. The summed E-state index contributed by atoms with van der Waals surface area (Å²) in [5, 5.41) is 23.5. The van der Waals surface area contributed by atoms with Crippen molar-refractivity contribution in [3.63, 3.8) is 0 Å². The number of aromatic nitrogens is 2. The number of hydrogen-bond donors (Lipinski definition) is 0. The van der Waals surface area contributed by atoms with Crippen molar-refractivity contribution in [2.24, 2.45) is 0 Å². The third-order valence-electron chi connectivity index (χ3n) is 10.6. The highest BCUT2D eigenvalue weighted by Crippen LogP contribution is 2.41. The van der Waals surface area contributed by atoms with Gasteiger partial charge in [0.05, 0.1) is 11.1 Å². The molecule has 0 aliphatic rings. The molecule has 270 valence electrons. The van der Waals surface area contributed by atoms with Gasteiger partial charge in [0.25, 0.3) is 0 Å². The minimum atomic E-state index is 0.403. The predicted octanol–water partition coefficient (Wildman–Crippen LogP) is 13.7. The molecular formula is C50H27N5O2S. The molecule has 0 spiro atoms. The maximum Gasteiger partial charge on any atom is 0.227 e. The molecule has 0 aliphatic heterocycles. The minimum absolute atomic E-state index is 0.403. The molecule has 7 nitrogen and oxygen atoms in total. The quantitative estimate of drug-likeness (QED) is 0.166. The second kappa shape index (κ2) is 13.3. The molecular weight excluding hydrogens is 735 g/mol. The zero-order valence-electron chi connectivity index (χ0n) is 30.5. The van der Waals surface area contributed by atoms with Gasteiger partial charge < -0.3 is 13.7 Å². The second-order valence-corrected chi connectivity index (χ2v) is 15.2. The van der Waals surface area contributed by atoms with Crippen LogP contribution in [-0.4, -0.2) is 9.97 Å². The smallest absolute Gasteiger partial charge is 0.227 e. The summed E-state index contributed by atoms with van der Waals surface area (Å²) < 4.78 is 14.3. The van der Waals surface area contributed by atoms with Crippen LogP contribution in [0.3, 0.4) is 0 Å². The molecule has 11 rings (SSSR count). The molecule has 11 aromatic rings. The highest BCUT2D eigenvalue weighted by atomic mass is 32.1. The predicted molar refractivity (Wildman–Crippen MR) is 232 cm³/mol. The van der Waals surface area contributed by atoms with Crippen LogP contribution in [-0.2, 0) is 0 Å². The lowest BCUT2D eigenvalue weighted by molar-refractivity contribution is 0.619. The lowest BCUT2D eigenvalue weighted by atomic mass is 9.99. The third-order valence-corrected chi connectivity index (χ3v) is 11.7. The fourth-order valence-corrected chi connectivity index (χ4v) is 8.85. The Labute approximate surface area is 335 Å². The Hall–Kier alpha value is -8.04. The summed E-state index contributed by atoms with van der Waals surface area (Å²) in [5.74, 6) is 1.16. The van der Waals surface area contributed by atoms with Gasteiger partial charge in [0, 0.05) is 48.4 Å². The summed E-state index contributed by atoms with van der Waals surface area (Å²) in [6, 6.07) is 59.7. The molecule has 3 aromatic heterocycles. The van der Waals surface area contributed by atoms with E-state index in [2.05, 4.69) is 95.9 Å². The molecule has 0 saturated heterocycles. The number of anilines is 3. The minimum Gasteiger partial charge on any atom is -0.436 e. The van der Waals surface area contributed by atoms with E-state index in [0.717, 1.165) is 92.5 Å². The normalized spacial score (nSPS) is 11.4. The van der Waals surface area contributed by atoms with Crippen molar-refractivity contribution in [3.05, 3.63) is 175 Å². The van der Waals surface area contributed by atoms with E-state index in [4.69, 9.17) is 18.8 Å². The van der Waals surface area contributed by atoms with E-state index < -0.39 is 0 Å². The van der Waals surface area contributed by atoms with E-state index in [1.165, 1.54) is 0 Å². The summed E-state index contributed by atoms with van der Waals surface area (Å²) in [7, 11) is 0. The van der Waals surface area contributed by atoms with Gasteiger partial charge in [-0.2, -0.15) is 10.5 Å². The van der Waals surface area contributed by atoms with Crippen LogP contribution in [0.2, 0.25) is 0 Å². The number of nitriles is 2. The van der Waals surface area contributed by atoms with E-state index in [0.29, 0.717) is 22.9 Å². The van der Waals surface area contributed by atoms with Crippen molar-refractivity contribution in [3.8, 4) is 46.2 Å². The number of para-hydroxylation sites is 4. The van der Waals surface area contributed by atoms with E-state index in [1.807, 2.05) is 84.9 Å². The first-order valence-electron chi connectivity index (χ1n) is 18.7. The third kappa shape index (κ3) is 5.64. The first-order valence-corrected chi connectivity index (χ1v) is 19.5. The Kier molecular flexibility index (Phi) is 7.65. The summed E-state index contributed by atoms with van der Waals surface area (Å²) in [6.45, 7) is 0. The van der Waals surface area contributed by atoms with Crippen LogP contribution in [0.15, 0.2) is 173 Å². The van der Waals surface area contributed by atoms with Crippen LogP contribution in [0.25, 0.3) is 87.2 Å². The number of benzene rings is 8. The van der Waals surface area contributed by atoms with E-state index in [1.54, 1.807) is 11.3 Å². The van der Waals surface area contributed by atoms with E-state index >= 15 is 0 Å². The van der Waals surface area contributed by atoms with Crippen molar-refractivity contribution in [2.75, 3.05) is 4.90 Å². The van der Waals surface area contributed by atoms with Gasteiger partial charge in [0.1, 0.15) is 23.2 Å². The Morgan fingerprint density at radius 1 is 0.448 bits per heavy atom. The summed E-state index contributed by atoms with van der Waals surface area (Å²) in [5.41, 5.74) is 10.9. The van der Waals surface area contributed by atoms with Crippen molar-refractivity contribution >= 4 is 81.5 Å². The SMILES string of the molecule is N#Cc1cc2sc3cc(-c4ccc5cc(N(c6ccc(-c7nc8ccccc8o7)cc6)c6ccc(-c7nc8ccccc8o7)cc6)ccc5c4)ccc3c2cc1C#N. The van der Waals surface area contributed by atoms with Crippen molar-refractivity contribution in [1.29, 1.82) is 10.5 Å². The number of hydrogen-bond acceptors (Lipinski definition) is 8. The molecule has 8 aromatic carbocycles. The van der Waals surface area contributed by atoms with Gasteiger partial charge in [-0.1, -0.05) is 54.6 Å². The molecule has 3 heterocycles. The van der Waals surface area contributed by atoms with Crippen molar-refractivity contribution < 1.29 is 8.83 Å². The molecule has 0 unspecified atom stereocenters. The highest BCUT2D eigenvalue weighted by molar-refractivity contribution is 7.25. The Bertz CT molecular complexity index is 3310. The van der Waals surface area contributed by atoms with Crippen LogP contribution in [0, 0.1) is 22.7 Å². The summed E-state index contributed by atoms with van der Waals surface area (Å²) in [6.07, 6.45) is 0. The number of nitrogens with zero attached hydrogens (tertiary/aromatic N) is 5. The molecule has 0 N–H and O–H groups in total. The van der Waals surface area contributed by atoms with Crippen LogP contribution in [0.4, 0.5) is 17.1 Å². The molecule has 8 heteroatoms. The average Bonchev–Trinajstić information content (AvgIpc) is 4.01. The molecule has 0 bridgehead atoms. The molecule has 0 amide bonds. The van der Waals surface area contributed by atoms with Gasteiger partial charge in [-0.3, -0.25) is 0 Å². The zero-order valence-corrected chi connectivity index (χ0v) is 31.4. The fraction of sp³-hybridized carbons (Fsp3) is 0. The largest absolute Gasteiger partial charge is 0.436 e. The van der Waals surface area contributed by atoms with Gasteiger partial charge >= 0.3 is 0 Å². The highest BCUT2D eigenvalue weighted by Gasteiger charge is 2.17. The number of oxazole rings is 2. The topological polar surface area (TPSA) is 103 Å². The monoisotopic (exact) mass is 761 g/mol. The summed E-state index contributed by atoms with van der Waals surface area (Å²) in [4.78, 5) is 11.7. The second-order valence-electron chi connectivity index (χ2n) is 14.1. The molecule has 0 saturated carbocycles. The lowest BCUT2D eigenvalue weighted by Crippen LogP contribution is -2.09. The molecule has 0 aliphatic carbocycles. The molecule has 58 heavy (non-hydrogen) atoms. The molecule has 0 radical (unpaired) electrons. The molecule has 0 atom stereocenters. The Morgan fingerprint density at radius 3 is 1.57 bits per heavy atom. The van der Waals surface area contributed by atoms with Gasteiger partial charge in [-0.25, -0.2) is 9.97 Å². The van der Waals surface area contributed by atoms with Gasteiger partial charge in [0.2, 0.25) is 11.8 Å². The van der Waals surface area contributed by atoms with Crippen molar-refractivity contribution in [2.45, 2.75) is 0 Å². The lowest BCUT2D eigenvalue weighted by Gasteiger charge is -2.26. The van der Waals surface area contributed by atoms with Crippen LogP contribution < -0.4 is 4.90 Å². The van der Waals surface area contributed by atoms with Crippen molar-refractivity contribution in [1.82, 2.24) is 9.97 Å². The number of thiophene rings is 1.